The van der Waals surface area contributed by atoms with Crippen LogP contribution in [-0.4, -0.2) is 50.1 Å². The lowest BCUT2D eigenvalue weighted by Gasteiger charge is -2.26. The molecule has 0 aliphatic carbocycles. The van der Waals surface area contributed by atoms with Gasteiger partial charge in [-0.15, -0.1) is 11.3 Å². The minimum atomic E-state index is -3.48. The fraction of sp³-hybridized carbons (Fsp3) is 0.381. The van der Waals surface area contributed by atoms with Crippen LogP contribution in [0.2, 0.25) is 0 Å². The number of carbonyl (C=O) groups excluding carboxylic acids is 3. The third-order valence-electron chi connectivity index (χ3n) is 4.95. The van der Waals surface area contributed by atoms with Gasteiger partial charge in [0, 0.05) is 17.8 Å². The minimum absolute atomic E-state index is 0.148. The first-order valence-corrected chi connectivity index (χ1v) is 12.7. The number of primary amides is 1. The minimum Gasteiger partial charge on any atom is -0.450 e. The Bertz CT molecular complexity index is 1110. The number of hydrogen-bond donors (Lipinski definition) is 2. The number of sulfone groups is 1. The normalized spacial score (nSPS) is 13.3. The van der Waals surface area contributed by atoms with E-state index in [1.165, 1.54) is 4.90 Å². The van der Waals surface area contributed by atoms with Gasteiger partial charge in [-0.2, -0.15) is 0 Å². The topological polar surface area (TPSA) is 136 Å². The van der Waals surface area contributed by atoms with Crippen molar-refractivity contribution in [3.8, 4) is 0 Å². The number of amides is 3. The zero-order valence-electron chi connectivity index (χ0n) is 17.6. The average molecular weight is 480 g/mol. The second kappa shape index (κ2) is 10.1. The quantitative estimate of drug-likeness (QED) is 0.596. The molecular weight excluding hydrogens is 454 g/mol. The molecular formula is C21H25N3O6S2. The van der Waals surface area contributed by atoms with Crippen LogP contribution in [0.25, 0.3) is 0 Å². The third-order valence-corrected chi connectivity index (χ3v) is 7.68. The molecule has 3 amide bonds. The van der Waals surface area contributed by atoms with Gasteiger partial charge in [0.1, 0.15) is 5.00 Å². The number of benzene rings is 1. The molecule has 0 fully saturated rings. The Balaban J connectivity index is 1.67. The molecule has 0 radical (unpaired) electrons. The van der Waals surface area contributed by atoms with Crippen molar-refractivity contribution < 1.29 is 27.5 Å². The first-order valence-electron chi connectivity index (χ1n) is 10.1. The van der Waals surface area contributed by atoms with E-state index in [0.29, 0.717) is 24.1 Å². The van der Waals surface area contributed by atoms with Gasteiger partial charge in [-0.1, -0.05) is 30.3 Å². The lowest BCUT2D eigenvalue weighted by Crippen LogP contribution is -2.36. The summed E-state index contributed by atoms with van der Waals surface area (Å²) in [6.45, 7) is 2.60. The molecule has 0 unspecified atom stereocenters. The molecule has 1 aromatic carbocycles. The van der Waals surface area contributed by atoms with Crippen molar-refractivity contribution in [2.75, 3.05) is 24.2 Å². The Morgan fingerprint density at radius 3 is 2.59 bits per heavy atom. The number of anilines is 1. The van der Waals surface area contributed by atoms with Crippen LogP contribution in [-0.2, 0) is 38.1 Å². The maximum Gasteiger partial charge on any atom is 0.410 e. The lowest BCUT2D eigenvalue weighted by atomic mass is 10.0. The van der Waals surface area contributed by atoms with Gasteiger partial charge >= 0.3 is 6.09 Å². The summed E-state index contributed by atoms with van der Waals surface area (Å²) in [6, 6.07) is 8.74. The van der Waals surface area contributed by atoms with E-state index in [2.05, 4.69) is 5.32 Å². The van der Waals surface area contributed by atoms with Gasteiger partial charge in [-0.05, 0) is 24.5 Å². The van der Waals surface area contributed by atoms with Crippen LogP contribution in [0.5, 0.6) is 0 Å². The van der Waals surface area contributed by atoms with Crippen LogP contribution in [0.15, 0.2) is 30.3 Å². The molecule has 11 heteroatoms. The summed E-state index contributed by atoms with van der Waals surface area (Å²) in [5, 5.41) is 2.91. The largest absolute Gasteiger partial charge is 0.450 e. The number of nitrogens with one attached hydrogen (secondary N) is 1. The van der Waals surface area contributed by atoms with Gasteiger partial charge in [0.25, 0.3) is 5.91 Å². The number of nitrogens with two attached hydrogens (primary N) is 1. The van der Waals surface area contributed by atoms with Crippen LogP contribution in [0.3, 0.4) is 0 Å². The van der Waals surface area contributed by atoms with E-state index in [1.807, 2.05) is 0 Å². The summed E-state index contributed by atoms with van der Waals surface area (Å²) >= 11 is 1.16. The molecule has 0 spiro atoms. The number of carbonyl (C=O) groups is 3. The standard InChI is InChI=1S/C21H25N3O6S2/c1-2-30-21(27)24-10-8-15-16(12-24)31-20(18(15)19(22)26)23-17(25)9-11-32(28,29)13-14-6-4-3-5-7-14/h3-7H,2,8-13H2,1H3,(H2,22,26)(H,23,25). The zero-order chi connectivity index (χ0) is 23.3. The summed E-state index contributed by atoms with van der Waals surface area (Å²) in [4.78, 5) is 38.8. The van der Waals surface area contributed by atoms with Crippen molar-refractivity contribution >= 4 is 44.1 Å². The molecule has 0 atom stereocenters. The summed E-state index contributed by atoms with van der Waals surface area (Å²) in [7, 11) is -3.48. The number of ether oxygens (including phenoxy) is 1. The van der Waals surface area contributed by atoms with E-state index in [-0.39, 0.29) is 41.6 Å². The van der Waals surface area contributed by atoms with Crippen LogP contribution >= 0.6 is 11.3 Å². The highest BCUT2D eigenvalue weighted by Crippen LogP contribution is 2.37. The highest BCUT2D eigenvalue weighted by Gasteiger charge is 2.30. The summed E-state index contributed by atoms with van der Waals surface area (Å²) < 4.78 is 29.7. The number of hydrogen-bond acceptors (Lipinski definition) is 7. The van der Waals surface area contributed by atoms with Gasteiger partial charge in [-0.3, -0.25) is 9.59 Å². The van der Waals surface area contributed by atoms with Gasteiger partial charge in [0.15, 0.2) is 9.84 Å². The first kappa shape index (κ1) is 23.7. The highest BCUT2D eigenvalue weighted by molar-refractivity contribution is 7.90. The summed E-state index contributed by atoms with van der Waals surface area (Å²) in [5.41, 5.74) is 7.12. The molecule has 3 N–H and O–H groups in total. The van der Waals surface area contributed by atoms with Gasteiger partial charge in [0.2, 0.25) is 5.91 Å². The second-order valence-electron chi connectivity index (χ2n) is 7.32. The van der Waals surface area contributed by atoms with Crippen molar-refractivity contribution in [2.45, 2.75) is 32.1 Å². The fourth-order valence-electron chi connectivity index (χ4n) is 3.46. The van der Waals surface area contributed by atoms with E-state index in [9.17, 15) is 22.8 Å². The van der Waals surface area contributed by atoms with Crippen molar-refractivity contribution in [3.05, 3.63) is 51.9 Å². The second-order valence-corrected chi connectivity index (χ2v) is 10.6. The molecule has 2 heterocycles. The summed E-state index contributed by atoms with van der Waals surface area (Å²) in [5.74, 6) is -1.67. The average Bonchev–Trinajstić information content (AvgIpc) is 3.10. The predicted octanol–water partition coefficient (Wildman–Crippen LogP) is 2.31. The molecule has 3 rings (SSSR count). The molecule has 0 bridgehead atoms. The molecule has 1 aliphatic heterocycles. The SMILES string of the molecule is CCOC(=O)N1CCc2c(sc(NC(=O)CCS(=O)(=O)Cc3ccccc3)c2C(N)=O)C1. The van der Waals surface area contributed by atoms with Gasteiger partial charge in [-0.25, -0.2) is 13.2 Å². The van der Waals surface area contributed by atoms with E-state index >= 15 is 0 Å². The molecule has 32 heavy (non-hydrogen) atoms. The van der Waals surface area contributed by atoms with Crippen molar-refractivity contribution in [3.63, 3.8) is 0 Å². The molecule has 1 aromatic heterocycles. The monoisotopic (exact) mass is 479 g/mol. The van der Waals surface area contributed by atoms with E-state index < -0.39 is 27.7 Å². The molecule has 1 aliphatic rings. The highest BCUT2D eigenvalue weighted by atomic mass is 32.2. The fourth-order valence-corrected chi connectivity index (χ4v) is 6.09. The smallest absolute Gasteiger partial charge is 0.410 e. The molecule has 0 saturated carbocycles. The van der Waals surface area contributed by atoms with Crippen LogP contribution < -0.4 is 11.1 Å². The third kappa shape index (κ3) is 5.86. The molecule has 0 saturated heterocycles. The maximum absolute atomic E-state index is 12.5. The van der Waals surface area contributed by atoms with E-state index in [1.54, 1.807) is 37.3 Å². The van der Waals surface area contributed by atoms with Crippen LogP contribution in [0.4, 0.5) is 9.80 Å². The first-order chi connectivity index (χ1) is 15.2. The lowest BCUT2D eigenvalue weighted by molar-refractivity contribution is -0.115. The maximum atomic E-state index is 12.5. The Morgan fingerprint density at radius 2 is 1.94 bits per heavy atom. The van der Waals surface area contributed by atoms with Gasteiger partial charge in [0.05, 0.1) is 30.2 Å². The number of fused-ring (bicyclic) bond motifs is 1. The number of nitrogens with zero attached hydrogens (tertiary/aromatic N) is 1. The van der Waals surface area contributed by atoms with E-state index in [4.69, 9.17) is 10.5 Å². The van der Waals surface area contributed by atoms with Gasteiger partial charge < -0.3 is 20.7 Å². The van der Waals surface area contributed by atoms with Crippen molar-refractivity contribution in [2.24, 2.45) is 5.73 Å². The molecule has 9 nitrogen and oxygen atoms in total. The van der Waals surface area contributed by atoms with Crippen molar-refractivity contribution in [1.82, 2.24) is 4.90 Å². The van der Waals surface area contributed by atoms with Crippen molar-refractivity contribution in [1.29, 1.82) is 0 Å². The zero-order valence-corrected chi connectivity index (χ0v) is 19.3. The summed E-state index contributed by atoms with van der Waals surface area (Å²) in [6.07, 6.45) is -0.281. The number of rotatable bonds is 8. The molecule has 172 valence electrons. The Labute approximate surface area is 190 Å². The Morgan fingerprint density at radius 1 is 1.22 bits per heavy atom. The number of thiophene rings is 1. The molecule has 2 aromatic rings. The predicted molar refractivity (Wildman–Crippen MR) is 121 cm³/mol. The Kier molecular flexibility index (Phi) is 7.52. The van der Waals surface area contributed by atoms with Crippen LogP contribution in [0, 0.1) is 0 Å². The van der Waals surface area contributed by atoms with Crippen LogP contribution in [0.1, 0.15) is 39.7 Å². The van der Waals surface area contributed by atoms with E-state index in [0.717, 1.165) is 16.2 Å². The Hall–Kier alpha value is -2.92.